The third-order valence-electron chi connectivity index (χ3n) is 4.60. The van der Waals surface area contributed by atoms with E-state index in [0.29, 0.717) is 11.6 Å². The zero-order valence-corrected chi connectivity index (χ0v) is 15.7. The van der Waals surface area contributed by atoms with Gasteiger partial charge in [0.1, 0.15) is 18.1 Å². The van der Waals surface area contributed by atoms with Gasteiger partial charge in [-0.05, 0) is 41.1 Å². The van der Waals surface area contributed by atoms with Gasteiger partial charge in [0.25, 0.3) is 0 Å². The molecule has 7 nitrogen and oxygen atoms in total. The number of carboxylic acids is 1. The summed E-state index contributed by atoms with van der Waals surface area (Å²) in [5.41, 5.74) is 2.34. The smallest absolute Gasteiger partial charge is 0.343 e. The number of hydrogen-bond acceptors (Lipinski definition) is 5. The van der Waals surface area contributed by atoms with E-state index in [0.717, 1.165) is 27.4 Å². The summed E-state index contributed by atoms with van der Waals surface area (Å²) < 4.78 is 11.7. The Balaban J connectivity index is 1.73. The van der Waals surface area contributed by atoms with Crippen LogP contribution in [0.4, 0.5) is 0 Å². The molecule has 0 saturated heterocycles. The standard InChI is InChI=1S/C22H18N2O5/c1-28-21(27)13-29-17-9-8-14-10-16(7-6-15(14)11-17)22-23-18-4-2-3-5-19(18)24(22)12-20(25)26/h2-11H,12-13H2,1H3,(H,25,26). The summed E-state index contributed by atoms with van der Waals surface area (Å²) in [5.74, 6) is -0.212. The van der Waals surface area contributed by atoms with E-state index in [-0.39, 0.29) is 13.2 Å². The average molecular weight is 390 g/mol. The van der Waals surface area contributed by atoms with Gasteiger partial charge < -0.3 is 19.1 Å². The number of aliphatic carboxylic acids is 1. The molecule has 4 aromatic rings. The highest BCUT2D eigenvalue weighted by Gasteiger charge is 2.15. The number of fused-ring (bicyclic) bond motifs is 2. The van der Waals surface area contributed by atoms with E-state index in [1.807, 2.05) is 54.6 Å². The molecule has 0 aliphatic rings. The number of nitrogens with zero attached hydrogens (tertiary/aromatic N) is 2. The normalized spacial score (nSPS) is 10.9. The molecular weight excluding hydrogens is 372 g/mol. The Hall–Kier alpha value is -3.87. The second kappa shape index (κ2) is 7.63. The van der Waals surface area contributed by atoms with Crippen molar-refractivity contribution in [1.29, 1.82) is 0 Å². The number of esters is 1. The van der Waals surface area contributed by atoms with Crippen molar-refractivity contribution in [2.24, 2.45) is 0 Å². The molecule has 0 aliphatic carbocycles. The number of ether oxygens (including phenoxy) is 2. The van der Waals surface area contributed by atoms with Gasteiger partial charge in [0.05, 0.1) is 18.1 Å². The summed E-state index contributed by atoms with van der Waals surface area (Å²) in [4.78, 5) is 27.3. The summed E-state index contributed by atoms with van der Waals surface area (Å²) >= 11 is 0. The van der Waals surface area contributed by atoms with E-state index in [1.165, 1.54) is 7.11 Å². The maximum Gasteiger partial charge on any atom is 0.343 e. The topological polar surface area (TPSA) is 90.7 Å². The first-order valence-corrected chi connectivity index (χ1v) is 8.96. The van der Waals surface area contributed by atoms with Gasteiger partial charge in [0.15, 0.2) is 6.61 Å². The van der Waals surface area contributed by atoms with Crippen molar-refractivity contribution >= 4 is 33.7 Å². The third kappa shape index (κ3) is 3.75. The van der Waals surface area contributed by atoms with Crippen LogP contribution < -0.4 is 4.74 Å². The van der Waals surface area contributed by atoms with Crippen LogP contribution in [0.25, 0.3) is 33.2 Å². The first-order chi connectivity index (χ1) is 14.0. The zero-order valence-electron chi connectivity index (χ0n) is 15.7. The maximum absolute atomic E-state index is 11.4. The molecule has 0 radical (unpaired) electrons. The molecule has 0 amide bonds. The van der Waals surface area contributed by atoms with Gasteiger partial charge in [-0.2, -0.15) is 0 Å². The lowest BCUT2D eigenvalue weighted by molar-refractivity contribution is -0.143. The second-order valence-electron chi connectivity index (χ2n) is 6.49. The van der Waals surface area contributed by atoms with Crippen LogP contribution in [0.3, 0.4) is 0 Å². The number of carbonyl (C=O) groups excluding carboxylic acids is 1. The van der Waals surface area contributed by atoms with E-state index in [4.69, 9.17) is 4.74 Å². The Kier molecular flexibility index (Phi) is 4.87. The molecule has 0 spiro atoms. The van der Waals surface area contributed by atoms with Crippen molar-refractivity contribution < 1.29 is 24.2 Å². The van der Waals surface area contributed by atoms with Gasteiger partial charge in [0.2, 0.25) is 0 Å². The number of benzene rings is 3. The molecule has 0 saturated carbocycles. The molecule has 3 aromatic carbocycles. The number of methoxy groups -OCH3 is 1. The Bertz CT molecular complexity index is 1230. The minimum atomic E-state index is -0.928. The van der Waals surface area contributed by atoms with Gasteiger partial charge in [-0.15, -0.1) is 0 Å². The molecule has 0 aliphatic heterocycles. The number of rotatable bonds is 6. The largest absolute Gasteiger partial charge is 0.482 e. The van der Waals surface area contributed by atoms with Gasteiger partial charge in [-0.25, -0.2) is 9.78 Å². The highest BCUT2D eigenvalue weighted by atomic mass is 16.6. The number of carboxylic acid groups (broad SMARTS) is 1. The molecule has 1 aromatic heterocycles. The molecule has 7 heteroatoms. The number of carbonyl (C=O) groups is 2. The molecule has 146 valence electrons. The predicted molar refractivity (Wildman–Crippen MR) is 108 cm³/mol. The zero-order chi connectivity index (χ0) is 20.4. The summed E-state index contributed by atoms with van der Waals surface area (Å²) in [6.45, 7) is -0.326. The Morgan fingerprint density at radius 1 is 1.03 bits per heavy atom. The highest BCUT2D eigenvalue weighted by Crippen LogP contribution is 2.29. The number of aromatic nitrogens is 2. The van der Waals surface area contributed by atoms with Crippen LogP contribution in [-0.2, 0) is 20.9 Å². The van der Waals surface area contributed by atoms with E-state index in [1.54, 1.807) is 10.6 Å². The van der Waals surface area contributed by atoms with Gasteiger partial charge >= 0.3 is 11.9 Å². The average Bonchev–Trinajstić information content (AvgIpc) is 3.09. The lowest BCUT2D eigenvalue weighted by Gasteiger charge is -2.09. The summed E-state index contributed by atoms with van der Waals surface area (Å²) in [6.07, 6.45) is 0. The lowest BCUT2D eigenvalue weighted by atomic mass is 10.1. The van der Waals surface area contributed by atoms with Crippen molar-refractivity contribution in [2.75, 3.05) is 13.7 Å². The van der Waals surface area contributed by atoms with Crippen LogP contribution in [-0.4, -0.2) is 40.3 Å². The molecule has 1 N–H and O–H groups in total. The Morgan fingerprint density at radius 3 is 2.59 bits per heavy atom. The number of hydrogen-bond donors (Lipinski definition) is 1. The maximum atomic E-state index is 11.4. The fraction of sp³-hybridized carbons (Fsp3) is 0.136. The van der Waals surface area contributed by atoms with Crippen molar-refractivity contribution in [1.82, 2.24) is 9.55 Å². The summed E-state index contributed by atoms with van der Waals surface area (Å²) in [5, 5.41) is 11.2. The molecule has 0 bridgehead atoms. The molecule has 1 heterocycles. The minimum Gasteiger partial charge on any atom is -0.482 e. The second-order valence-corrected chi connectivity index (χ2v) is 6.49. The lowest BCUT2D eigenvalue weighted by Crippen LogP contribution is -2.12. The van der Waals surface area contributed by atoms with Crippen LogP contribution in [0.15, 0.2) is 60.7 Å². The van der Waals surface area contributed by atoms with Crippen LogP contribution in [0.5, 0.6) is 5.75 Å². The Morgan fingerprint density at radius 2 is 1.79 bits per heavy atom. The van der Waals surface area contributed by atoms with E-state index < -0.39 is 11.9 Å². The SMILES string of the molecule is COC(=O)COc1ccc2cc(-c3nc4ccccc4n3CC(=O)O)ccc2c1. The van der Waals surface area contributed by atoms with Crippen molar-refractivity contribution in [3.05, 3.63) is 60.7 Å². The van der Waals surface area contributed by atoms with Gasteiger partial charge in [0, 0.05) is 5.56 Å². The predicted octanol–water partition coefficient (Wildman–Crippen LogP) is 3.49. The quantitative estimate of drug-likeness (QED) is 0.507. The van der Waals surface area contributed by atoms with E-state index in [2.05, 4.69) is 9.72 Å². The third-order valence-corrected chi connectivity index (χ3v) is 4.60. The summed E-state index contributed by atoms with van der Waals surface area (Å²) in [7, 11) is 1.31. The van der Waals surface area contributed by atoms with Gasteiger partial charge in [-0.1, -0.05) is 30.3 Å². The molecule has 0 unspecified atom stereocenters. The van der Waals surface area contributed by atoms with Crippen LogP contribution in [0.2, 0.25) is 0 Å². The van der Waals surface area contributed by atoms with E-state index >= 15 is 0 Å². The van der Waals surface area contributed by atoms with Gasteiger partial charge in [-0.3, -0.25) is 4.79 Å². The van der Waals surface area contributed by atoms with Crippen molar-refractivity contribution in [3.8, 4) is 17.1 Å². The first kappa shape index (κ1) is 18.5. The highest BCUT2D eigenvalue weighted by molar-refractivity contribution is 5.89. The molecule has 29 heavy (non-hydrogen) atoms. The fourth-order valence-electron chi connectivity index (χ4n) is 3.25. The molecule has 0 atom stereocenters. The fourth-order valence-corrected chi connectivity index (χ4v) is 3.25. The minimum absolute atomic E-state index is 0.153. The van der Waals surface area contributed by atoms with Crippen molar-refractivity contribution in [2.45, 2.75) is 6.54 Å². The Labute approximate surface area is 166 Å². The van der Waals surface area contributed by atoms with Crippen LogP contribution >= 0.6 is 0 Å². The molecule has 0 fully saturated rings. The first-order valence-electron chi connectivity index (χ1n) is 8.96. The number of imidazole rings is 1. The molecule has 4 rings (SSSR count). The van der Waals surface area contributed by atoms with Crippen LogP contribution in [0, 0.1) is 0 Å². The monoisotopic (exact) mass is 390 g/mol. The van der Waals surface area contributed by atoms with Crippen LogP contribution in [0.1, 0.15) is 0 Å². The van der Waals surface area contributed by atoms with E-state index in [9.17, 15) is 14.7 Å². The number of para-hydroxylation sites is 2. The summed E-state index contributed by atoms with van der Waals surface area (Å²) in [6, 6.07) is 18.7. The molecular formula is C22H18N2O5. The van der Waals surface area contributed by atoms with Crippen molar-refractivity contribution in [3.63, 3.8) is 0 Å².